The van der Waals surface area contributed by atoms with Crippen LogP contribution >= 0.6 is 0 Å². The zero-order chi connectivity index (χ0) is 17.5. The van der Waals surface area contributed by atoms with Gasteiger partial charge in [-0.2, -0.15) is 0 Å². The lowest BCUT2D eigenvalue weighted by Crippen LogP contribution is -2.42. The Morgan fingerprint density at radius 1 is 1.12 bits per heavy atom. The van der Waals surface area contributed by atoms with Gasteiger partial charge in [0.05, 0.1) is 13.2 Å². The smallest absolute Gasteiger partial charge is 0.237 e. The average Bonchev–Trinajstić information content (AvgIpc) is 2.61. The normalized spacial score (nSPS) is 12.0. The lowest BCUT2D eigenvalue weighted by atomic mass is 10.1. The Morgan fingerprint density at radius 3 is 2.29 bits per heavy atom. The highest BCUT2D eigenvalue weighted by molar-refractivity contribution is 5.81. The molecule has 0 saturated carbocycles. The van der Waals surface area contributed by atoms with E-state index in [1.54, 1.807) is 19.2 Å². The number of hydrogen-bond donors (Lipinski definition) is 1. The van der Waals surface area contributed by atoms with Crippen LogP contribution in [0.25, 0.3) is 0 Å². The molecule has 0 aliphatic heterocycles. The Morgan fingerprint density at radius 2 is 1.71 bits per heavy atom. The third-order valence-corrected chi connectivity index (χ3v) is 4.01. The minimum Gasteiger partial charge on any atom is -0.497 e. The van der Waals surface area contributed by atoms with Crippen molar-refractivity contribution in [2.75, 3.05) is 14.2 Å². The van der Waals surface area contributed by atoms with Gasteiger partial charge in [-0.05, 0) is 49.4 Å². The Balaban J connectivity index is 1.85. The Bertz CT molecular complexity index is 656. The summed E-state index contributed by atoms with van der Waals surface area (Å²) in [4.78, 5) is 14.2. The van der Waals surface area contributed by atoms with Crippen LogP contribution in [0.1, 0.15) is 18.1 Å². The first-order valence-electron chi connectivity index (χ1n) is 7.85. The van der Waals surface area contributed by atoms with E-state index in [0.717, 1.165) is 16.9 Å². The van der Waals surface area contributed by atoms with Crippen molar-refractivity contribution in [2.45, 2.75) is 26.1 Å². The van der Waals surface area contributed by atoms with Gasteiger partial charge in [0.15, 0.2) is 0 Å². The molecule has 0 radical (unpaired) electrons. The van der Waals surface area contributed by atoms with Crippen molar-refractivity contribution in [2.24, 2.45) is 0 Å². The topological polar surface area (TPSA) is 41.6 Å². The highest BCUT2D eigenvalue weighted by atomic mass is 19.1. The van der Waals surface area contributed by atoms with E-state index in [0.29, 0.717) is 13.1 Å². The van der Waals surface area contributed by atoms with Crippen LogP contribution < -0.4 is 10.1 Å². The molecule has 0 aromatic heterocycles. The van der Waals surface area contributed by atoms with Crippen LogP contribution in [0.5, 0.6) is 5.75 Å². The number of rotatable bonds is 7. The van der Waals surface area contributed by atoms with Crippen LogP contribution in [0.3, 0.4) is 0 Å². The van der Waals surface area contributed by atoms with E-state index in [4.69, 9.17) is 4.74 Å². The molecule has 2 aromatic carbocycles. The minimum absolute atomic E-state index is 0.0599. The summed E-state index contributed by atoms with van der Waals surface area (Å²) < 4.78 is 18.0. The molecule has 24 heavy (non-hydrogen) atoms. The molecule has 0 saturated heterocycles. The van der Waals surface area contributed by atoms with E-state index >= 15 is 0 Å². The van der Waals surface area contributed by atoms with Gasteiger partial charge in [0.1, 0.15) is 11.6 Å². The number of nitrogens with zero attached hydrogens (tertiary/aromatic N) is 1. The molecule has 0 fully saturated rings. The standard InChI is InChI=1S/C19H23FN2O2/c1-14(19(23)21-12-15-4-8-17(20)9-5-15)22(2)13-16-6-10-18(24-3)11-7-16/h4-11,14H,12-13H2,1-3H3,(H,21,23). The highest BCUT2D eigenvalue weighted by Gasteiger charge is 2.17. The monoisotopic (exact) mass is 330 g/mol. The molecule has 4 nitrogen and oxygen atoms in total. The van der Waals surface area contributed by atoms with Gasteiger partial charge in [-0.1, -0.05) is 24.3 Å². The van der Waals surface area contributed by atoms with Crippen molar-refractivity contribution < 1.29 is 13.9 Å². The van der Waals surface area contributed by atoms with Gasteiger partial charge in [0.2, 0.25) is 5.91 Å². The first-order chi connectivity index (χ1) is 11.5. The zero-order valence-corrected chi connectivity index (χ0v) is 14.3. The number of benzene rings is 2. The number of halogens is 1. The van der Waals surface area contributed by atoms with Crippen LogP contribution in [0.2, 0.25) is 0 Å². The number of nitrogens with one attached hydrogen (secondary N) is 1. The molecule has 0 heterocycles. The minimum atomic E-state index is -0.280. The summed E-state index contributed by atoms with van der Waals surface area (Å²) >= 11 is 0. The van der Waals surface area contributed by atoms with Crippen molar-refractivity contribution >= 4 is 5.91 Å². The lowest BCUT2D eigenvalue weighted by molar-refractivity contribution is -0.125. The summed E-state index contributed by atoms with van der Waals surface area (Å²) in [6.07, 6.45) is 0. The number of methoxy groups -OCH3 is 1. The van der Waals surface area contributed by atoms with Crippen molar-refractivity contribution in [1.82, 2.24) is 10.2 Å². The van der Waals surface area contributed by atoms with Gasteiger partial charge < -0.3 is 10.1 Å². The SMILES string of the molecule is COc1ccc(CN(C)C(C)C(=O)NCc2ccc(F)cc2)cc1. The molecular weight excluding hydrogens is 307 g/mol. The highest BCUT2D eigenvalue weighted by Crippen LogP contribution is 2.13. The van der Waals surface area contributed by atoms with Crippen molar-refractivity contribution in [1.29, 1.82) is 0 Å². The van der Waals surface area contributed by atoms with Crippen molar-refractivity contribution in [3.05, 3.63) is 65.5 Å². The fourth-order valence-corrected chi connectivity index (χ4v) is 2.30. The predicted molar refractivity (Wildman–Crippen MR) is 92.2 cm³/mol. The fraction of sp³-hybridized carbons (Fsp3) is 0.316. The van der Waals surface area contributed by atoms with Crippen LogP contribution in [-0.2, 0) is 17.9 Å². The van der Waals surface area contributed by atoms with Gasteiger partial charge in [-0.15, -0.1) is 0 Å². The van der Waals surface area contributed by atoms with Crippen LogP contribution in [-0.4, -0.2) is 31.0 Å². The summed E-state index contributed by atoms with van der Waals surface area (Å²) in [5, 5.41) is 2.88. The van der Waals surface area contributed by atoms with Gasteiger partial charge in [-0.3, -0.25) is 9.69 Å². The van der Waals surface area contributed by atoms with E-state index in [1.165, 1.54) is 12.1 Å². The molecule has 1 amide bonds. The third kappa shape index (κ3) is 5.06. The molecule has 2 rings (SSSR count). The summed E-state index contributed by atoms with van der Waals surface area (Å²) in [5.41, 5.74) is 1.98. The zero-order valence-electron chi connectivity index (χ0n) is 14.3. The molecular formula is C19H23FN2O2. The summed E-state index contributed by atoms with van der Waals surface area (Å²) in [7, 11) is 3.54. The Labute approximate surface area is 142 Å². The quantitative estimate of drug-likeness (QED) is 0.849. The van der Waals surface area contributed by atoms with Gasteiger partial charge in [-0.25, -0.2) is 4.39 Å². The molecule has 5 heteroatoms. The maximum atomic E-state index is 12.9. The number of carbonyl (C=O) groups excluding carboxylic acids is 1. The predicted octanol–water partition coefficient (Wildman–Crippen LogP) is 2.97. The van der Waals surface area contributed by atoms with E-state index in [2.05, 4.69) is 5.32 Å². The van der Waals surface area contributed by atoms with E-state index in [9.17, 15) is 9.18 Å². The maximum Gasteiger partial charge on any atom is 0.237 e. The Kier molecular flexibility index (Phi) is 6.32. The van der Waals surface area contributed by atoms with E-state index < -0.39 is 0 Å². The number of amides is 1. The Hall–Kier alpha value is -2.40. The van der Waals surface area contributed by atoms with Crippen molar-refractivity contribution in [3.8, 4) is 5.75 Å². The number of likely N-dealkylation sites (N-methyl/N-ethyl adjacent to an activating group) is 1. The molecule has 128 valence electrons. The average molecular weight is 330 g/mol. The molecule has 2 aromatic rings. The molecule has 1 atom stereocenters. The third-order valence-electron chi connectivity index (χ3n) is 4.01. The number of carbonyl (C=O) groups is 1. The molecule has 0 aliphatic carbocycles. The molecule has 1 unspecified atom stereocenters. The van der Waals surface area contributed by atoms with Gasteiger partial charge in [0.25, 0.3) is 0 Å². The van der Waals surface area contributed by atoms with Crippen LogP contribution in [0.15, 0.2) is 48.5 Å². The van der Waals surface area contributed by atoms with E-state index in [1.807, 2.05) is 43.1 Å². The first kappa shape index (κ1) is 17.9. The summed E-state index contributed by atoms with van der Waals surface area (Å²) in [6.45, 7) is 2.92. The second-order valence-electron chi connectivity index (χ2n) is 5.78. The lowest BCUT2D eigenvalue weighted by Gasteiger charge is -2.24. The molecule has 0 aliphatic rings. The maximum absolute atomic E-state index is 12.9. The second kappa shape index (κ2) is 8.45. The molecule has 0 spiro atoms. The van der Waals surface area contributed by atoms with Crippen LogP contribution in [0.4, 0.5) is 4.39 Å². The molecule has 1 N–H and O–H groups in total. The van der Waals surface area contributed by atoms with Crippen LogP contribution in [0, 0.1) is 5.82 Å². The van der Waals surface area contributed by atoms with Gasteiger partial charge in [0, 0.05) is 13.1 Å². The summed E-state index contributed by atoms with van der Waals surface area (Å²) in [6, 6.07) is 13.6. The largest absolute Gasteiger partial charge is 0.497 e. The second-order valence-corrected chi connectivity index (χ2v) is 5.78. The van der Waals surface area contributed by atoms with Gasteiger partial charge >= 0.3 is 0 Å². The van der Waals surface area contributed by atoms with E-state index in [-0.39, 0.29) is 17.8 Å². The van der Waals surface area contributed by atoms with Crippen molar-refractivity contribution in [3.63, 3.8) is 0 Å². The number of hydrogen-bond acceptors (Lipinski definition) is 3. The summed E-state index contributed by atoms with van der Waals surface area (Å²) in [5.74, 6) is 0.472. The number of ether oxygens (including phenoxy) is 1. The molecule has 0 bridgehead atoms. The first-order valence-corrected chi connectivity index (χ1v) is 7.85. The fourth-order valence-electron chi connectivity index (χ4n) is 2.30.